The molecule has 1 atom stereocenters. The highest BCUT2D eigenvalue weighted by atomic mass is 16.2. The van der Waals surface area contributed by atoms with E-state index in [1.54, 1.807) is 0 Å². The van der Waals surface area contributed by atoms with Crippen LogP contribution in [0.25, 0.3) is 0 Å². The summed E-state index contributed by atoms with van der Waals surface area (Å²) in [7, 11) is 0. The Hall–Kier alpha value is -2.34. The van der Waals surface area contributed by atoms with E-state index in [0.29, 0.717) is 18.3 Å². The molecule has 1 amide bonds. The van der Waals surface area contributed by atoms with Crippen molar-refractivity contribution in [3.05, 3.63) is 47.4 Å². The van der Waals surface area contributed by atoms with Crippen LogP contribution in [0.3, 0.4) is 0 Å². The van der Waals surface area contributed by atoms with Crippen LogP contribution in [0.4, 0.5) is 5.82 Å². The maximum Gasteiger partial charge on any atom is 0.242 e. The number of carbonyl (C=O) groups excluding carboxylic acids is 1. The number of anilines is 1. The van der Waals surface area contributed by atoms with Gasteiger partial charge < -0.3 is 5.32 Å². The Balaban J connectivity index is 1.43. The molecule has 1 aliphatic heterocycles. The lowest BCUT2D eigenvalue weighted by molar-refractivity contribution is -0.122. The van der Waals surface area contributed by atoms with Gasteiger partial charge in [0.05, 0.1) is 17.4 Å². The van der Waals surface area contributed by atoms with Gasteiger partial charge in [-0.1, -0.05) is 12.5 Å². The molecule has 6 nitrogen and oxygen atoms in total. The third kappa shape index (κ3) is 3.90. The molecule has 0 spiro atoms. The second-order valence-electron chi connectivity index (χ2n) is 7.36. The molecule has 6 heteroatoms. The van der Waals surface area contributed by atoms with Crippen molar-refractivity contribution in [2.45, 2.75) is 57.5 Å². The number of aryl methyl sites for hydroxylation is 1. The minimum Gasteiger partial charge on any atom is -0.308 e. The molecular formula is C20H25N5O. The normalized spacial score (nSPS) is 20.7. The van der Waals surface area contributed by atoms with E-state index in [2.05, 4.69) is 38.4 Å². The Labute approximate surface area is 154 Å². The Morgan fingerprint density at radius 2 is 2.08 bits per heavy atom. The van der Waals surface area contributed by atoms with Gasteiger partial charge in [0.25, 0.3) is 0 Å². The number of nitrogens with zero attached hydrogens (tertiary/aromatic N) is 4. The Morgan fingerprint density at radius 1 is 1.19 bits per heavy atom. The number of carbonyl (C=O) groups is 1. The van der Waals surface area contributed by atoms with E-state index < -0.39 is 0 Å². The summed E-state index contributed by atoms with van der Waals surface area (Å²) in [6.45, 7) is 3.69. The van der Waals surface area contributed by atoms with Crippen LogP contribution in [-0.4, -0.2) is 38.6 Å². The molecule has 136 valence electrons. The average Bonchev–Trinajstić information content (AvgIpc) is 3.50. The summed E-state index contributed by atoms with van der Waals surface area (Å²) in [6, 6.07) is 7.72. The van der Waals surface area contributed by atoms with E-state index in [0.717, 1.165) is 37.2 Å². The number of rotatable bonds is 5. The number of hydrogen-bond acceptors (Lipinski definition) is 5. The van der Waals surface area contributed by atoms with Crippen molar-refractivity contribution in [2.24, 2.45) is 0 Å². The van der Waals surface area contributed by atoms with Gasteiger partial charge in [-0.2, -0.15) is 5.10 Å². The Morgan fingerprint density at radius 3 is 2.81 bits per heavy atom. The number of aromatic nitrogens is 3. The highest BCUT2D eigenvalue weighted by molar-refractivity contribution is 5.94. The van der Waals surface area contributed by atoms with Gasteiger partial charge in [-0.05, 0) is 62.9 Å². The van der Waals surface area contributed by atoms with Crippen molar-refractivity contribution in [3.63, 3.8) is 0 Å². The highest BCUT2D eigenvalue weighted by Gasteiger charge is 2.30. The summed E-state index contributed by atoms with van der Waals surface area (Å²) in [5.41, 5.74) is 3.24. The predicted octanol–water partition coefficient (Wildman–Crippen LogP) is 3.05. The lowest BCUT2D eigenvalue weighted by atomic mass is 10.0. The fourth-order valence-corrected chi connectivity index (χ4v) is 3.57. The zero-order chi connectivity index (χ0) is 17.9. The quantitative estimate of drug-likeness (QED) is 0.896. The number of amides is 1. The number of pyridine rings is 1. The number of piperidine rings is 1. The summed E-state index contributed by atoms with van der Waals surface area (Å²) in [4.78, 5) is 19.6. The third-order valence-electron chi connectivity index (χ3n) is 5.32. The van der Waals surface area contributed by atoms with Gasteiger partial charge in [0, 0.05) is 18.7 Å². The third-order valence-corrected chi connectivity index (χ3v) is 5.32. The van der Waals surface area contributed by atoms with E-state index in [1.165, 1.54) is 18.4 Å². The SMILES string of the molecule is Cc1cccnc1CN1CCCC[C@@H]1C(=O)Nc1ccc(C2CC2)nn1. The molecule has 0 radical (unpaired) electrons. The van der Waals surface area contributed by atoms with E-state index in [-0.39, 0.29) is 11.9 Å². The molecule has 0 unspecified atom stereocenters. The van der Waals surface area contributed by atoms with Crippen LogP contribution < -0.4 is 5.32 Å². The highest BCUT2D eigenvalue weighted by Crippen LogP contribution is 2.38. The van der Waals surface area contributed by atoms with Crippen LogP contribution in [0, 0.1) is 6.92 Å². The smallest absolute Gasteiger partial charge is 0.242 e. The van der Waals surface area contributed by atoms with Gasteiger partial charge in [0.2, 0.25) is 5.91 Å². The van der Waals surface area contributed by atoms with Crippen molar-refractivity contribution in [1.29, 1.82) is 0 Å². The van der Waals surface area contributed by atoms with Gasteiger partial charge in [-0.15, -0.1) is 5.10 Å². The van der Waals surface area contributed by atoms with Crippen LogP contribution in [0.2, 0.25) is 0 Å². The summed E-state index contributed by atoms with van der Waals surface area (Å²) in [5, 5.41) is 11.4. The van der Waals surface area contributed by atoms with E-state index in [9.17, 15) is 4.79 Å². The minimum absolute atomic E-state index is 0.00626. The van der Waals surface area contributed by atoms with Gasteiger partial charge in [0.1, 0.15) is 0 Å². The molecule has 2 aromatic rings. The average molecular weight is 351 g/mol. The number of likely N-dealkylation sites (tertiary alicyclic amines) is 1. The molecule has 2 aliphatic rings. The lowest BCUT2D eigenvalue weighted by Crippen LogP contribution is -2.46. The maximum absolute atomic E-state index is 12.8. The van der Waals surface area contributed by atoms with Crippen molar-refractivity contribution in [3.8, 4) is 0 Å². The van der Waals surface area contributed by atoms with Crippen LogP contribution in [0.15, 0.2) is 30.5 Å². The first kappa shape index (κ1) is 17.1. The van der Waals surface area contributed by atoms with Crippen molar-refractivity contribution in [1.82, 2.24) is 20.1 Å². The van der Waals surface area contributed by atoms with Crippen LogP contribution in [0.5, 0.6) is 0 Å². The maximum atomic E-state index is 12.8. The molecule has 1 saturated carbocycles. The molecule has 2 aromatic heterocycles. The Kier molecular flexibility index (Phi) is 4.93. The van der Waals surface area contributed by atoms with Gasteiger partial charge in [0.15, 0.2) is 5.82 Å². The van der Waals surface area contributed by atoms with Gasteiger partial charge in [-0.25, -0.2) is 0 Å². The van der Waals surface area contributed by atoms with Crippen molar-refractivity contribution in [2.75, 3.05) is 11.9 Å². The summed E-state index contributed by atoms with van der Waals surface area (Å²) in [6.07, 6.45) is 7.27. The largest absolute Gasteiger partial charge is 0.308 e. The lowest BCUT2D eigenvalue weighted by Gasteiger charge is -2.34. The zero-order valence-electron chi connectivity index (χ0n) is 15.2. The summed E-state index contributed by atoms with van der Waals surface area (Å²) in [5.74, 6) is 1.12. The monoisotopic (exact) mass is 351 g/mol. The standard InChI is InChI=1S/C20H25N5O/c1-14-5-4-11-21-17(14)13-25-12-3-2-6-18(25)20(26)22-19-10-9-16(23-24-19)15-7-8-15/h4-5,9-11,15,18H,2-3,6-8,12-13H2,1H3,(H,22,24,26)/t18-/m1/s1. The zero-order valence-corrected chi connectivity index (χ0v) is 15.2. The summed E-state index contributed by atoms with van der Waals surface area (Å²) < 4.78 is 0. The predicted molar refractivity (Wildman–Crippen MR) is 99.7 cm³/mol. The van der Waals surface area contributed by atoms with E-state index in [4.69, 9.17) is 0 Å². The van der Waals surface area contributed by atoms with E-state index in [1.807, 2.05) is 24.4 Å². The second kappa shape index (κ2) is 7.50. The molecule has 1 saturated heterocycles. The van der Waals surface area contributed by atoms with Crippen LogP contribution in [0.1, 0.15) is 55.0 Å². The van der Waals surface area contributed by atoms with Crippen molar-refractivity contribution >= 4 is 11.7 Å². The molecule has 26 heavy (non-hydrogen) atoms. The molecule has 4 rings (SSSR count). The molecule has 1 N–H and O–H groups in total. The fraction of sp³-hybridized carbons (Fsp3) is 0.500. The second-order valence-corrected chi connectivity index (χ2v) is 7.36. The Bertz CT molecular complexity index is 772. The van der Waals surface area contributed by atoms with Gasteiger partial charge in [-0.3, -0.25) is 14.7 Å². The molecule has 2 fully saturated rings. The first-order chi connectivity index (χ1) is 12.7. The first-order valence-electron chi connectivity index (χ1n) is 9.50. The molecule has 1 aliphatic carbocycles. The summed E-state index contributed by atoms with van der Waals surface area (Å²) >= 11 is 0. The van der Waals surface area contributed by atoms with Crippen LogP contribution in [-0.2, 0) is 11.3 Å². The number of hydrogen-bond donors (Lipinski definition) is 1. The molecular weight excluding hydrogens is 326 g/mol. The first-order valence-corrected chi connectivity index (χ1v) is 9.50. The van der Waals surface area contributed by atoms with E-state index >= 15 is 0 Å². The van der Waals surface area contributed by atoms with Crippen LogP contribution >= 0.6 is 0 Å². The topological polar surface area (TPSA) is 71.0 Å². The van der Waals surface area contributed by atoms with Gasteiger partial charge >= 0.3 is 0 Å². The molecule has 0 aromatic carbocycles. The molecule has 3 heterocycles. The molecule has 0 bridgehead atoms. The number of nitrogens with one attached hydrogen (secondary N) is 1. The fourth-order valence-electron chi connectivity index (χ4n) is 3.57. The minimum atomic E-state index is -0.143. The van der Waals surface area contributed by atoms with Crippen molar-refractivity contribution < 1.29 is 4.79 Å².